The first-order chi connectivity index (χ1) is 11.2. The minimum Gasteiger partial charge on any atom is -0.346 e. The van der Waals surface area contributed by atoms with Gasteiger partial charge in [-0.25, -0.2) is 4.98 Å². The molecule has 0 aliphatic carbocycles. The first kappa shape index (κ1) is 16.8. The van der Waals surface area contributed by atoms with E-state index in [0.717, 1.165) is 5.39 Å². The molecular formula is C16H19F3N4O. The number of hydrogen-bond acceptors (Lipinski definition) is 3. The van der Waals surface area contributed by atoms with Gasteiger partial charge in [0.15, 0.2) is 0 Å². The van der Waals surface area contributed by atoms with Crippen LogP contribution in [-0.2, 0) is 0 Å². The highest BCUT2D eigenvalue weighted by Crippen LogP contribution is 2.24. The van der Waals surface area contributed by atoms with Crippen molar-refractivity contribution in [2.75, 3.05) is 19.6 Å². The first-order valence-electron chi connectivity index (χ1n) is 7.79. The number of fused-ring (bicyclic) bond motifs is 1. The Hall–Kier alpha value is -2.09. The maximum atomic E-state index is 12.7. The maximum absolute atomic E-state index is 12.7. The van der Waals surface area contributed by atoms with Crippen molar-refractivity contribution in [3.05, 3.63) is 30.1 Å². The van der Waals surface area contributed by atoms with Crippen molar-refractivity contribution in [1.82, 2.24) is 19.8 Å². The van der Waals surface area contributed by atoms with E-state index in [1.165, 1.54) is 11.1 Å². The molecule has 1 N–H and O–H groups in total. The van der Waals surface area contributed by atoms with Crippen molar-refractivity contribution in [1.29, 1.82) is 0 Å². The highest BCUT2D eigenvalue weighted by atomic mass is 19.4. The summed E-state index contributed by atoms with van der Waals surface area (Å²) in [5.74, 6) is -0.198. The van der Waals surface area contributed by atoms with Crippen molar-refractivity contribution in [3.63, 3.8) is 0 Å². The van der Waals surface area contributed by atoms with Gasteiger partial charge in [0.2, 0.25) is 0 Å². The highest BCUT2D eigenvalue weighted by Gasteiger charge is 2.39. The predicted molar refractivity (Wildman–Crippen MR) is 83.7 cm³/mol. The summed E-state index contributed by atoms with van der Waals surface area (Å²) in [7, 11) is 0. The second-order valence-corrected chi connectivity index (χ2v) is 6.34. The molecule has 1 aliphatic rings. The van der Waals surface area contributed by atoms with Gasteiger partial charge in [0, 0.05) is 43.0 Å². The predicted octanol–water partition coefficient (Wildman–Crippen LogP) is 2.66. The SMILES string of the molecule is C[C@@H]1CN(C(=O)c2cnc3[nH]ccc3c2)C[C@H](C)N1CC(F)(F)F. The van der Waals surface area contributed by atoms with Gasteiger partial charge in [0.25, 0.3) is 5.91 Å². The van der Waals surface area contributed by atoms with Crippen molar-refractivity contribution < 1.29 is 18.0 Å². The molecule has 3 heterocycles. The lowest BCUT2D eigenvalue weighted by Gasteiger charge is -2.44. The number of pyridine rings is 1. The van der Waals surface area contributed by atoms with Crippen LogP contribution in [0.3, 0.4) is 0 Å². The topological polar surface area (TPSA) is 52.2 Å². The van der Waals surface area contributed by atoms with E-state index in [-0.39, 0.29) is 31.1 Å². The third kappa shape index (κ3) is 3.38. The largest absolute Gasteiger partial charge is 0.401 e. The minimum absolute atomic E-state index is 0.198. The smallest absolute Gasteiger partial charge is 0.346 e. The molecule has 130 valence electrons. The number of nitrogens with one attached hydrogen (secondary N) is 1. The molecule has 8 heteroatoms. The third-order valence-corrected chi connectivity index (χ3v) is 4.40. The Morgan fingerprint density at radius 1 is 1.33 bits per heavy atom. The summed E-state index contributed by atoms with van der Waals surface area (Å²) >= 11 is 0. The number of amides is 1. The van der Waals surface area contributed by atoms with Crippen LogP contribution in [0.4, 0.5) is 13.2 Å². The second kappa shape index (κ2) is 6.08. The Bertz CT molecular complexity index is 730. The molecule has 0 aromatic carbocycles. The third-order valence-electron chi connectivity index (χ3n) is 4.40. The molecule has 5 nitrogen and oxygen atoms in total. The Morgan fingerprint density at radius 3 is 2.62 bits per heavy atom. The number of carbonyl (C=O) groups excluding carboxylic acids is 1. The van der Waals surface area contributed by atoms with Gasteiger partial charge in [0.05, 0.1) is 12.1 Å². The van der Waals surface area contributed by atoms with Crippen LogP contribution in [0.5, 0.6) is 0 Å². The molecule has 24 heavy (non-hydrogen) atoms. The lowest BCUT2D eigenvalue weighted by Crippen LogP contribution is -2.59. The number of halogens is 3. The molecule has 0 unspecified atom stereocenters. The number of nitrogens with zero attached hydrogens (tertiary/aromatic N) is 3. The summed E-state index contributed by atoms with van der Waals surface area (Å²) in [6.07, 6.45) is -0.998. The summed E-state index contributed by atoms with van der Waals surface area (Å²) in [6.45, 7) is 3.02. The number of rotatable bonds is 2. The number of hydrogen-bond donors (Lipinski definition) is 1. The van der Waals surface area contributed by atoms with Gasteiger partial charge >= 0.3 is 6.18 Å². The van der Waals surface area contributed by atoms with Crippen LogP contribution in [0.25, 0.3) is 11.0 Å². The van der Waals surface area contributed by atoms with Gasteiger partial charge in [-0.15, -0.1) is 0 Å². The Balaban J connectivity index is 1.75. The van der Waals surface area contributed by atoms with Crippen LogP contribution in [0, 0.1) is 0 Å². The minimum atomic E-state index is -4.24. The molecule has 0 spiro atoms. The van der Waals surface area contributed by atoms with Gasteiger partial charge in [-0.1, -0.05) is 0 Å². The number of alkyl halides is 3. The number of carbonyl (C=O) groups is 1. The van der Waals surface area contributed by atoms with Gasteiger partial charge in [-0.05, 0) is 26.0 Å². The van der Waals surface area contributed by atoms with Crippen LogP contribution in [0.1, 0.15) is 24.2 Å². The quantitative estimate of drug-likeness (QED) is 0.914. The first-order valence-corrected chi connectivity index (χ1v) is 7.79. The molecule has 2 atom stereocenters. The zero-order chi connectivity index (χ0) is 17.5. The Kier molecular flexibility index (Phi) is 4.25. The average Bonchev–Trinajstić information content (AvgIpc) is 2.96. The van der Waals surface area contributed by atoms with E-state index in [0.29, 0.717) is 11.2 Å². The summed E-state index contributed by atoms with van der Waals surface area (Å²) in [6, 6.07) is 2.86. The van der Waals surface area contributed by atoms with Gasteiger partial charge in [-0.3, -0.25) is 9.69 Å². The standard InChI is InChI=1S/C16H19F3N4O/c1-10-7-22(8-11(2)23(10)9-16(17,18)19)15(24)13-5-12-3-4-20-14(12)21-6-13/h3-6,10-11H,7-9H2,1-2H3,(H,20,21)/t10-,11+. The van der Waals surface area contributed by atoms with E-state index >= 15 is 0 Å². The van der Waals surface area contributed by atoms with Crippen molar-refractivity contribution in [2.24, 2.45) is 0 Å². The number of piperazine rings is 1. The van der Waals surface area contributed by atoms with Crippen molar-refractivity contribution >= 4 is 16.9 Å². The van der Waals surface area contributed by atoms with Crippen LogP contribution in [-0.4, -0.2) is 63.6 Å². The van der Waals surface area contributed by atoms with Crippen molar-refractivity contribution in [3.8, 4) is 0 Å². The maximum Gasteiger partial charge on any atom is 0.401 e. The monoisotopic (exact) mass is 340 g/mol. The molecule has 3 rings (SSSR count). The average molecular weight is 340 g/mol. The molecule has 1 amide bonds. The van der Waals surface area contributed by atoms with Crippen molar-refractivity contribution in [2.45, 2.75) is 32.1 Å². The summed E-state index contributed by atoms with van der Waals surface area (Å²) in [4.78, 5) is 22.8. The highest BCUT2D eigenvalue weighted by molar-refractivity contribution is 5.97. The molecule has 2 aromatic heterocycles. The number of aromatic nitrogens is 2. The summed E-state index contributed by atoms with van der Waals surface area (Å²) < 4.78 is 38.1. The van der Waals surface area contributed by atoms with Gasteiger partial charge in [0.1, 0.15) is 5.65 Å². The number of H-pyrrole nitrogens is 1. The fourth-order valence-electron chi connectivity index (χ4n) is 3.28. The zero-order valence-corrected chi connectivity index (χ0v) is 13.5. The van der Waals surface area contributed by atoms with E-state index in [1.807, 2.05) is 6.07 Å². The van der Waals surface area contributed by atoms with Crippen LogP contribution < -0.4 is 0 Å². The fourth-order valence-corrected chi connectivity index (χ4v) is 3.28. The molecular weight excluding hydrogens is 321 g/mol. The Labute approximate surface area is 137 Å². The molecule has 0 radical (unpaired) electrons. The molecule has 0 saturated carbocycles. The molecule has 1 aliphatic heterocycles. The van der Waals surface area contributed by atoms with Crippen LogP contribution >= 0.6 is 0 Å². The zero-order valence-electron chi connectivity index (χ0n) is 13.5. The summed E-state index contributed by atoms with van der Waals surface area (Å²) in [5, 5.41) is 0.831. The van der Waals surface area contributed by atoms with Gasteiger partial charge < -0.3 is 9.88 Å². The van der Waals surface area contributed by atoms with E-state index in [9.17, 15) is 18.0 Å². The van der Waals surface area contributed by atoms with E-state index < -0.39 is 12.7 Å². The normalized spacial score (nSPS) is 23.0. The summed E-state index contributed by atoms with van der Waals surface area (Å²) in [5.41, 5.74) is 1.15. The van der Waals surface area contributed by atoms with E-state index in [2.05, 4.69) is 9.97 Å². The number of aromatic amines is 1. The van der Waals surface area contributed by atoms with E-state index in [1.54, 1.807) is 31.0 Å². The fraction of sp³-hybridized carbons (Fsp3) is 0.500. The lowest BCUT2D eigenvalue weighted by atomic mass is 10.1. The van der Waals surface area contributed by atoms with Gasteiger partial charge in [-0.2, -0.15) is 13.2 Å². The Morgan fingerprint density at radius 2 is 2.00 bits per heavy atom. The van der Waals surface area contributed by atoms with E-state index in [4.69, 9.17) is 0 Å². The molecule has 1 saturated heterocycles. The molecule has 0 bridgehead atoms. The second-order valence-electron chi connectivity index (χ2n) is 6.34. The van der Waals surface area contributed by atoms with Crippen LogP contribution in [0.2, 0.25) is 0 Å². The lowest BCUT2D eigenvalue weighted by molar-refractivity contribution is -0.160. The molecule has 2 aromatic rings. The van der Waals surface area contributed by atoms with Crippen LogP contribution in [0.15, 0.2) is 24.5 Å². The molecule has 1 fully saturated rings.